The molecule has 0 heterocycles. The molecule has 0 aliphatic rings. The van der Waals surface area contributed by atoms with Crippen molar-refractivity contribution in [1.82, 2.24) is 5.32 Å². The summed E-state index contributed by atoms with van der Waals surface area (Å²) in [6.07, 6.45) is 5.19. The second-order valence-corrected chi connectivity index (χ2v) is 5.50. The Balaban J connectivity index is 2.47. The predicted molar refractivity (Wildman–Crippen MR) is 86.9 cm³/mol. The number of thioether (sulfide) groups is 1. The molecule has 0 saturated heterocycles. The minimum Gasteiger partial charge on any atom is -0.352 e. The van der Waals surface area contributed by atoms with Gasteiger partial charge in [0.1, 0.15) is 5.82 Å². The van der Waals surface area contributed by atoms with Gasteiger partial charge >= 0.3 is 0 Å². The van der Waals surface area contributed by atoms with Crippen molar-refractivity contribution in [3.63, 3.8) is 0 Å². The van der Waals surface area contributed by atoms with E-state index in [-0.39, 0.29) is 18.0 Å². The first-order valence-corrected chi connectivity index (χ1v) is 8.34. The first kappa shape index (κ1) is 17.5. The van der Waals surface area contributed by atoms with Crippen molar-refractivity contribution in [1.29, 1.82) is 0 Å². The highest BCUT2D eigenvalue weighted by Gasteiger charge is 2.11. The lowest BCUT2D eigenvalue weighted by Crippen LogP contribution is -2.25. The Morgan fingerprint density at radius 1 is 1.38 bits per heavy atom. The van der Waals surface area contributed by atoms with Crippen LogP contribution in [0.15, 0.2) is 18.2 Å². The van der Waals surface area contributed by atoms with Crippen LogP contribution in [0.3, 0.4) is 0 Å². The molecule has 0 aliphatic carbocycles. The Kier molecular flexibility index (Phi) is 8.56. The van der Waals surface area contributed by atoms with Gasteiger partial charge < -0.3 is 11.1 Å². The first-order valence-electron chi connectivity index (χ1n) is 6.94. The third-order valence-electron chi connectivity index (χ3n) is 2.86. The van der Waals surface area contributed by atoms with Crippen molar-refractivity contribution < 1.29 is 9.18 Å². The molecule has 0 aliphatic heterocycles. The lowest BCUT2D eigenvalue weighted by molar-refractivity contribution is 0.0949. The van der Waals surface area contributed by atoms with Gasteiger partial charge in [0.2, 0.25) is 0 Å². The molecule has 0 unspecified atom stereocenters. The Morgan fingerprint density at radius 2 is 2.19 bits per heavy atom. The van der Waals surface area contributed by atoms with E-state index < -0.39 is 5.82 Å². The number of unbranched alkanes of at least 4 members (excludes halogenated alkanes) is 2. The Bertz CT molecular complexity index is 523. The van der Waals surface area contributed by atoms with Crippen molar-refractivity contribution in [2.45, 2.75) is 19.3 Å². The normalized spacial score (nSPS) is 9.86. The molecule has 0 saturated carbocycles. The van der Waals surface area contributed by atoms with E-state index in [2.05, 4.69) is 23.4 Å². The van der Waals surface area contributed by atoms with Gasteiger partial charge in [0.25, 0.3) is 5.91 Å². The second-order valence-electron chi connectivity index (χ2n) is 4.51. The number of hydrogen-bond acceptors (Lipinski definition) is 3. The van der Waals surface area contributed by atoms with Crippen LogP contribution in [0.5, 0.6) is 0 Å². The van der Waals surface area contributed by atoms with Crippen molar-refractivity contribution in [3.05, 3.63) is 35.1 Å². The summed E-state index contributed by atoms with van der Waals surface area (Å²) >= 11 is 1.82. The molecule has 3 N–H and O–H groups in total. The van der Waals surface area contributed by atoms with E-state index in [4.69, 9.17) is 5.73 Å². The zero-order chi connectivity index (χ0) is 15.5. The highest BCUT2D eigenvalue weighted by atomic mass is 32.2. The molecule has 0 aromatic heterocycles. The molecule has 3 nitrogen and oxygen atoms in total. The van der Waals surface area contributed by atoms with E-state index in [9.17, 15) is 9.18 Å². The lowest BCUT2D eigenvalue weighted by atomic mass is 10.1. The second kappa shape index (κ2) is 10.3. The van der Waals surface area contributed by atoms with Crippen LogP contribution in [0.1, 0.15) is 35.2 Å². The molecule has 0 spiro atoms. The number of halogens is 1. The number of amides is 1. The monoisotopic (exact) mass is 308 g/mol. The summed E-state index contributed by atoms with van der Waals surface area (Å²) in [5.74, 6) is 5.58. The van der Waals surface area contributed by atoms with Crippen LogP contribution >= 0.6 is 11.8 Å². The number of nitrogens with two attached hydrogens (primary N) is 1. The molecule has 1 amide bonds. The largest absolute Gasteiger partial charge is 0.352 e. The van der Waals surface area contributed by atoms with Gasteiger partial charge in [-0.05, 0) is 43.0 Å². The molecule has 0 fully saturated rings. The summed E-state index contributed by atoms with van der Waals surface area (Å²) in [6, 6.07) is 4.34. The third kappa shape index (κ3) is 6.65. The van der Waals surface area contributed by atoms with Crippen LogP contribution in [-0.4, -0.2) is 31.0 Å². The molecule has 0 bridgehead atoms. The highest BCUT2D eigenvalue weighted by molar-refractivity contribution is 7.98. The van der Waals surface area contributed by atoms with Gasteiger partial charge in [-0.3, -0.25) is 4.79 Å². The molecular formula is C16H21FN2OS. The van der Waals surface area contributed by atoms with Crippen LogP contribution in [0.2, 0.25) is 0 Å². The topological polar surface area (TPSA) is 55.1 Å². The number of carbonyl (C=O) groups is 1. The predicted octanol–water partition coefficient (Wildman–Crippen LogP) is 2.40. The molecule has 1 aromatic rings. The van der Waals surface area contributed by atoms with E-state index in [0.29, 0.717) is 12.1 Å². The maximum Gasteiger partial charge on any atom is 0.254 e. The summed E-state index contributed by atoms with van der Waals surface area (Å²) in [7, 11) is 0. The van der Waals surface area contributed by atoms with Crippen LogP contribution in [0, 0.1) is 17.7 Å². The fraction of sp³-hybridized carbons (Fsp3) is 0.438. The average molecular weight is 308 g/mol. The quantitative estimate of drug-likeness (QED) is 0.601. The van der Waals surface area contributed by atoms with E-state index >= 15 is 0 Å². The van der Waals surface area contributed by atoms with E-state index in [1.54, 1.807) is 6.07 Å². The van der Waals surface area contributed by atoms with E-state index in [1.807, 2.05) is 11.8 Å². The molecule has 0 radical (unpaired) electrons. The van der Waals surface area contributed by atoms with Gasteiger partial charge in [0.15, 0.2) is 0 Å². The average Bonchev–Trinajstić information content (AvgIpc) is 2.48. The van der Waals surface area contributed by atoms with Crippen molar-refractivity contribution >= 4 is 17.7 Å². The minimum absolute atomic E-state index is 0.0532. The molecule has 5 heteroatoms. The van der Waals surface area contributed by atoms with Gasteiger partial charge in [-0.2, -0.15) is 11.8 Å². The fourth-order valence-electron chi connectivity index (χ4n) is 1.78. The smallest absolute Gasteiger partial charge is 0.254 e. The Labute approximate surface area is 129 Å². The van der Waals surface area contributed by atoms with Gasteiger partial charge in [0, 0.05) is 12.1 Å². The van der Waals surface area contributed by atoms with Crippen molar-refractivity contribution in [2.75, 3.05) is 25.1 Å². The van der Waals surface area contributed by atoms with Crippen LogP contribution in [0.4, 0.5) is 4.39 Å². The minimum atomic E-state index is -0.557. The van der Waals surface area contributed by atoms with Crippen LogP contribution < -0.4 is 11.1 Å². The lowest BCUT2D eigenvalue weighted by Gasteiger charge is -2.06. The standard InChI is InChI=1S/C16H21FN2OS/c1-21-11-4-2-3-10-19-16(20)14-8-7-13(6-5-9-18)12-15(14)17/h7-8,12H,2-4,9-11,18H2,1H3,(H,19,20). The number of nitrogens with one attached hydrogen (secondary N) is 1. The zero-order valence-electron chi connectivity index (χ0n) is 12.2. The van der Waals surface area contributed by atoms with Gasteiger partial charge in [-0.1, -0.05) is 18.3 Å². The zero-order valence-corrected chi connectivity index (χ0v) is 13.1. The molecule has 0 atom stereocenters. The summed E-state index contributed by atoms with van der Waals surface area (Å²) in [5.41, 5.74) is 5.83. The number of carbonyl (C=O) groups excluding carboxylic acids is 1. The van der Waals surface area contributed by atoms with Gasteiger partial charge in [-0.15, -0.1) is 0 Å². The van der Waals surface area contributed by atoms with Crippen LogP contribution in [-0.2, 0) is 0 Å². The van der Waals surface area contributed by atoms with Crippen molar-refractivity contribution in [2.24, 2.45) is 5.73 Å². The summed E-state index contributed by atoms with van der Waals surface area (Å²) in [4.78, 5) is 11.9. The van der Waals surface area contributed by atoms with Gasteiger partial charge in [-0.25, -0.2) is 4.39 Å². The molecular weight excluding hydrogens is 287 g/mol. The highest BCUT2D eigenvalue weighted by Crippen LogP contribution is 2.10. The Morgan fingerprint density at radius 3 is 2.86 bits per heavy atom. The third-order valence-corrected chi connectivity index (χ3v) is 3.56. The molecule has 21 heavy (non-hydrogen) atoms. The van der Waals surface area contributed by atoms with Crippen molar-refractivity contribution in [3.8, 4) is 11.8 Å². The summed E-state index contributed by atoms with van der Waals surface area (Å²) in [5, 5.41) is 2.74. The fourth-order valence-corrected chi connectivity index (χ4v) is 2.27. The van der Waals surface area contributed by atoms with Crippen LogP contribution in [0.25, 0.3) is 0 Å². The maximum absolute atomic E-state index is 13.8. The SMILES string of the molecule is CSCCCCCNC(=O)c1ccc(C#CCN)cc1F. The molecule has 1 aromatic carbocycles. The Hall–Kier alpha value is -1.51. The maximum atomic E-state index is 13.8. The number of benzene rings is 1. The molecule has 1 rings (SSSR count). The molecule has 114 valence electrons. The number of hydrogen-bond donors (Lipinski definition) is 2. The summed E-state index contributed by atoms with van der Waals surface area (Å²) < 4.78 is 13.8. The van der Waals surface area contributed by atoms with E-state index in [0.717, 1.165) is 25.0 Å². The summed E-state index contributed by atoms with van der Waals surface area (Å²) in [6.45, 7) is 0.793. The first-order chi connectivity index (χ1) is 10.2. The number of rotatable bonds is 7. The van der Waals surface area contributed by atoms with Gasteiger partial charge in [0.05, 0.1) is 12.1 Å². The van der Waals surface area contributed by atoms with E-state index in [1.165, 1.54) is 12.1 Å².